The molecule has 0 aliphatic rings. The molecule has 140 valence electrons. The van der Waals surface area contributed by atoms with Crippen molar-refractivity contribution in [1.29, 1.82) is 0 Å². The second kappa shape index (κ2) is 7.65. The quantitative estimate of drug-likeness (QED) is 0.411. The molecule has 0 unspecified atom stereocenters. The fourth-order valence-corrected chi connectivity index (χ4v) is 3.25. The summed E-state index contributed by atoms with van der Waals surface area (Å²) in [6, 6.07) is 12.7. The first kappa shape index (κ1) is 17.9. The number of para-hydroxylation sites is 1. The van der Waals surface area contributed by atoms with Crippen LogP contribution >= 0.6 is 11.8 Å². The van der Waals surface area contributed by atoms with Crippen molar-refractivity contribution in [2.75, 3.05) is 6.26 Å². The van der Waals surface area contributed by atoms with E-state index in [9.17, 15) is 9.59 Å². The molecular weight excluding hydrogens is 378 g/mol. The van der Waals surface area contributed by atoms with Crippen LogP contribution in [0.3, 0.4) is 0 Å². The first-order chi connectivity index (χ1) is 13.7. The predicted molar refractivity (Wildman–Crippen MR) is 105 cm³/mol. The first-order valence-corrected chi connectivity index (χ1v) is 9.58. The van der Waals surface area contributed by atoms with Gasteiger partial charge in [0.15, 0.2) is 5.65 Å². The van der Waals surface area contributed by atoms with Gasteiger partial charge in [-0.15, -0.1) is 11.8 Å². The minimum absolute atomic E-state index is 0.173. The van der Waals surface area contributed by atoms with E-state index in [1.54, 1.807) is 23.0 Å². The third-order valence-corrected chi connectivity index (χ3v) is 4.66. The lowest BCUT2D eigenvalue weighted by molar-refractivity contribution is 0.0461. The van der Waals surface area contributed by atoms with Gasteiger partial charge in [-0.1, -0.05) is 18.2 Å². The van der Waals surface area contributed by atoms with Crippen LogP contribution in [0.15, 0.2) is 64.7 Å². The van der Waals surface area contributed by atoms with Gasteiger partial charge in [0.2, 0.25) is 0 Å². The van der Waals surface area contributed by atoms with Crippen molar-refractivity contribution < 1.29 is 9.53 Å². The maximum Gasteiger partial charge on any atom is 0.340 e. The Bertz CT molecular complexity index is 1190. The molecule has 0 bridgehead atoms. The highest BCUT2D eigenvalue weighted by Gasteiger charge is 2.18. The van der Waals surface area contributed by atoms with Crippen LogP contribution in [0.2, 0.25) is 0 Å². The topological polar surface area (TPSA) is 103 Å². The van der Waals surface area contributed by atoms with Gasteiger partial charge in [0.25, 0.3) is 5.56 Å². The van der Waals surface area contributed by atoms with Crippen LogP contribution in [0.4, 0.5) is 0 Å². The van der Waals surface area contributed by atoms with Crippen molar-refractivity contribution in [2.24, 2.45) is 0 Å². The lowest BCUT2D eigenvalue weighted by atomic mass is 10.3. The van der Waals surface area contributed by atoms with Gasteiger partial charge < -0.3 is 9.72 Å². The summed E-state index contributed by atoms with van der Waals surface area (Å²) in [5.74, 6) is -0.309. The van der Waals surface area contributed by atoms with E-state index in [0.29, 0.717) is 21.6 Å². The van der Waals surface area contributed by atoms with Crippen LogP contribution in [0.5, 0.6) is 0 Å². The number of benzene rings is 1. The van der Waals surface area contributed by atoms with Gasteiger partial charge in [0.1, 0.15) is 22.8 Å². The SMILES string of the molecule is CSc1nn(-c2ccccc2)c2nc(COC(=O)c3cccnc3)[nH]c(=O)c12. The number of pyridine rings is 1. The summed E-state index contributed by atoms with van der Waals surface area (Å²) >= 11 is 1.37. The molecule has 0 spiro atoms. The molecular formula is C19H15N5O3S. The number of rotatable bonds is 5. The predicted octanol–water partition coefficient (Wildman–Crippen LogP) is 2.58. The number of carbonyl (C=O) groups is 1. The van der Waals surface area contributed by atoms with E-state index in [4.69, 9.17) is 4.74 Å². The van der Waals surface area contributed by atoms with Crippen molar-refractivity contribution in [2.45, 2.75) is 11.6 Å². The van der Waals surface area contributed by atoms with Gasteiger partial charge in [-0.25, -0.2) is 14.5 Å². The summed E-state index contributed by atoms with van der Waals surface area (Å²) in [6.45, 7) is -0.173. The molecule has 0 radical (unpaired) electrons. The number of aromatic amines is 1. The van der Waals surface area contributed by atoms with Crippen molar-refractivity contribution in [1.82, 2.24) is 24.7 Å². The van der Waals surface area contributed by atoms with E-state index in [0.717, 1.165) is 5.69 Å². The fourth-order valence-electron chi connectivity index (χ4n) is 2.70. The molecule has 1 aromatic carbocycles. The maximum absolute atomic E-state index is 12.6. The molecule has 4 aromatic rings. The fraction of sp³-hybridized carbons (Fsp3) is 0.105. The molecule has 3 heterocycles. The van der Waals surface area contributed by atoms with Gasteiger partial charge in [0, 0.05) is 12.4 Å². The minimum Gasteiger partial charge on any atom is -0.454 e. The molecule has 0 amide bonds. The minimum atomic E-state index is -0.544. The zero-order chi connectivity index (χ0) is 19.5. The highest BCUT2D eigenvalue weighted by Crippen LogP contribution is 2.24. The molecule has 8 nitrogen and oxygen atoms in total. The van der Waals surface area contributed by atoms with Crippen molar-refractivity contribution >= 4 is 28.8 Å². The van der Waals surface area contributed by atoms with Crippen LogP contribution in [-0.2, 0) is 11.3 Å². The number of carbonyl (C=O) groups excluding carboxylic acids is 1. The Kier molecular flexibility index (Phi) is 4.90. The summed E-state index contributed by atoms with van der Waals surface area (Å²) in [5, 5.41) is 5.48. The number of H-pyrrole nitrogens is 1. The number of hydrogen-bond acceptors (Lipinski definition) is 7. The number of nitrogens with one attached hydrogen (secondary N) is 1. The summed E-state index contributed by atoms with van der Waals surface area (Å²) in [6.07, 6.45) is 4.83. The van der Waals surface area contributed by atoms with E-state index in [1.165, 1.54) is 18.0 Å². The Morgan fingerprint density at radius 3 is 2.75 bits per heavy atom. The van der Waals surface area contributed by atoms with Crippen LogP contribution < -0.4 is 5.56 Å². The number of nitrogens with zero attached hydrogens (tertiary/aromatic N) is 4. The maximum atomic E-state index is 12.6. The van der Waals surface area contributed by atoms with Gasteiger partial charge in [-0.05, 0) is 30.5 Å². The van der Waals surface area contributed by atoms with Crippen LogP contribution in [0, 0.1) is 0 Å². The molecule has 0 fully saturated rings. The second-order valence-corrected chi connectivity index (χ2v) is 6.58. The summed E-state index contributed by atoms with van der Waals surface area (Å²) in [4.78, 5) is 35.8. The molecule has 28 heavy (non-hydrogen) atoms. The number of ether oxygens (including phenoxy) is 1. The van der Waals surface area contributed by atoms with Gasteiger partial charge in [-0.3, -0.25) is 9.78 Å². The summed E-state index contributed by atoms with van der Waals surface area (Å²) in [5.41, 5.74) is 1.19. The van der Waals surface area contributed by atoms with E-state index in [-0.39, 0.29) is 18.0 Å². The average molecular weight is 393 g/mol. The largest absolute Gasteiger partial charge is 0.454 e. The van der Waals surface area contributed by atoms with E-state index < -0.39 is 5.97 Å². The zero-order valence-electron chi connectivity index (χ0n) is 14.8. The Morgan fingerprint density at radius 2 is 2.04 bits per heavy atom. The van der Waals surface area contributed by atoms with E-state index in [2.05, 4.69) is 20.1 Å². The van der Waals surface area contributed by atoms with Crippen molar-refractivity contribution in [3.05, 3.63) is 76.6 Å². The highest BCUT2D eigenvalue weighted by atomic mass is 32.2. The Morgan fingerprint density at radius 1 is 1.21 bits per heavy atom. The normalized spacial score (nSPS) is 10.9. The number of hydrogen-bond donors (Lipinski definition) is 1. The molecule has 0 atom stereocenters. The molecule has 0 saturated heterocycles. The summed E-state index contributed by atoms with van der Waals surface area (Å²) < 4.78 is 6.86. The number of fused-ring (bicyclic) bond motifs is 1. The van der Waals surface area contributed by atoms with E-state index >= 15 is 0 Å². The van der Waals surface area contributed by atoms with Gasteiger partial charge in [-0.2, -0.15) is 5.10 Å². The Labute approximate surface area is 163 Å². The van der Waals surface area contributed by atoms with Gasteiger partial charge in [0.05, 0.1) is 11.3 Å². The third-order valence-electron chi connectivity index (χ3n) is 3.99. The van der Waals surface area contributed by atoms with Crippen molar-refractivity contribution in [3.63, 3.8) is 0 Å². The third kappa shape index (κ3) is 3.39. The second-order valence-electron chi connectivity index (χ2n) is 5.79. The van der Waals surface area contributed by atoms with Crippen molar-refractivity contribution in [3.8, 4) is 5.69 Å². The lowest BCUT2D eigenvalue weighted by Crippen LogP contribution is -2.15. The van der Waals surface area contributed by atoms with Crippen LogP contribution in [0.1, 0.15) is 16.2 Å². The molecule has 1 N–H and O–H groups in total. The number of thioether (sulfide) groups is 1. The number of esters is 1. The molecule has 3 aromatic heterocycles. The molecule has 9 heteroatoms. The Hall–Kier alpha value is -3.46. The average Bonchev–Trinajstić information content (AvgIpc) is 3.12. The van der Waals surface area contributed by atoms with Crippen LogP contribution in [-0.4, -0.2) is 37.0 Å². The monoisotopic (exact) mass is 393 g/mol. The zero-order valence-corrected chi connectivity index (χ0v) is 15.6. The molecule has 0 aliphatic carbocycles. The Balaban J connectivity index is 1.71. The summed E-state index contributed by atoms with van der Waals surface area (Å²) in [7, 11) is 0. The molecule has 0 saturated carbocycles. The van der Waals surface area contributed by atoms with Crippen LogP contribution in [0.25, 0.3) is 16.7 Å². The lowest BCUT2D eigenvalue weighted by Gasteiger charge is -2.06. The van der Waals surface area contributed by atoms with Gasteiger partial charge >= 0.3 is 5.97 Å². The molecule has 4 rings (SSSR count). The van der Waals surface area contributed by atoms with E-state index in [1.807, 2.05) is 36.6 Å². The molecule has 0 aliphatic heterocycles. The first-order valence-electron chi connectivity index (χ1n) is 8.36. The smallest absolute Gasteiger partial charge is 0.340 e. The standard InChI is InChI=1S/C19H15N5O3S/c1-28-18-15-16(24(23-18)13-7-3-2-4-8-13)21-14(22-17(15)25)11-27-19(26)12-6-5-9-20-10-12/h2-10H,11H2,1H3,(H,21,22,25). The highest BCUT2D eigenvalue weighted by molar-refractivity contribution is 7.98. The number of aromatic nitrogens is 5.